The molecule has 0 saturated carbocycles. The Morgan fingerprint density at radius 1 is 1.48 bits per heavy atom. The first-order chi connectivity index (χ1) is 9.60. The van der Waals surface area contributed by atoms with Gasteiger partial charge in [0, 0.05) is 11.6 Å². The smallest absolute Gasteiger partial charge is 0.390 e. The largest absolute Gasteiger partial charge is 0.397 e. The van der Waals surface area contributed by atoms with Gasteiger partial charge in [0.25, 0.3) is 0 Å². The highest BCUT2D eigenvalue weighted by molar-refractivity contribution is 6.31. The van der Waals surface area contributed by atoms with E-state index in [0.29, 0.717) is 16.4 Å². The Bertz CT molecular complexity index is 508. The van der Waals surface area contributed by atoms with Gasteiger partial charge >= 0.3 is 6.18 Å². The Kier molecular flexibility index (Phi) is 5.86. The van der Waals surface area contributed by atoms with E-state index in [1.165, 1.54) is 31.0 Å². The lowest BCUT2D eigenvalue weighted by molar-refractivity contribution is -0.140. The predicted octanol–water partition coefficient (Wildman–Crippen LogP) is 3.13. The Morgan fingerprint density at radius 2 is 2.10 bits per heavy atom. The van der Waals surface area contributed by atoms with Crippen molar-refractivity contribution in [1.29, 1.82) is 0 Å². The van der Waals surface area contributed by atoms with Crippen molar-refractivity contribution >= 4 is 28.9 Å². The van der Waals surface area contributed by atoms with Crippen LogP contribution in [0.1, 0.15) is 13.3 Å². The molecule has 0 radical (unpaired) electrons. The zero-order valence-corrected chi connectivity index (χ0v) is 12.4. The number of benzene rings is 1. The second kappa shape index (κ2) is 7.00. The number of hydrogen-bond donors (Lipinski definition) is 2. The second-order valence-electron chi connectivity index (χ2n) is 4.74. The van der Waals surface area contributed by atoms with Gasteiger partial charge < -0.3 is 11.1 Å². The van der Waals surface area contributed by atoms with Crippen molar-refractivity contribution in [3.63, 3.8) is 0 Å². The SMILES string of the molecule is CC(C(=O)Nc1ccc(Cl)cc1N)N(C)CCC(F)(F)F. The number of amides is 1. The standard InChI is InChI=1S/C13H17ClF3N3O/c1-8(20(2)6-5-13(15,16)17)12(21)19-11-4-3-9(14)7-10(11)18/h3-4,7-8H,5-6,18H2,1-2H3,(H,19,21). The third-order valence-electron chi connectivity index (χ3n) is 3.06. The molecular formula is C13H17ClF3N3O. The quantitative estimate of drug-likeness (QED) is 0.818. The number of nitrogens with zero attached hydrogens (tertiary/aromatic N) is 1. The maximum absolute atomic E-state index is 12.2. The highest BCUT2D eigenvalue weighted by atomic mass is 35.5. The summed E-state index contributed by atoms with van der Waals surface area (Å²) in [6, 6.07) is 3.86. The number of anilines is 2. The van der Waals surface area contributed by atoms with E-state index >= 15 is 0 Å². The molecule has 0 bridgehead atoms. The van der Waals surface area contributed by atoms with Gasteiger partial charge in [0.1, 0.15) is 0 Å². The molecule has 0 aromatic heterocycles. The van der Waals surface area contributed by atoms with Crippen molar-refractivity contribution in [1.82, 2.24) is 4.90 Å². The van der Waals surface area contributed by atoms with Crippen LogP contribution in [0.3, 0.4) is 0 Å². The van der Waals surface area contributed by atoms with Gasteiger partial charge in [-0.15, -0.1) is 0 Å². The van der Waals surface area contributed by atoms with Gasteiger partial charge in [-0.3, -0.25) is 9.69 Å². The summed E-state index contributed by atoms with van der Waals surface area (Å²) < 4.78 is 36.5. The normalized spacial score (nSPS) is 13.3. The van der Waals surface area contributed by atoms with Gasteiger partial charge in [-0.1, -0.05) is 11.6 Å². The van der Waals surface area contributed by atoms with Gasteiger partial charge in [-0.25, -0.2) is 0 Å². The highest BCUT2D eigenvalue weighted by Gasteiger charge is 2.29. The Morgan fingerprint density at radius 3 is 2.62 bits per heavy atom. The monoisotopic (exact) mass is 323 g/mol. The van der Waals surface area contributed by atoms with E-state index in [0.717, 1.165) is 0 Å². The summed E-state index contributed by atoms with van der Waals surface area (Å²) in [5.74, 6) is -0.436. The third kappa shape index (κ3) is 5.81. The topological polar surface area (TPSA) is 58.4 Å². The average Bonchev–Trinajstić information content (AvgIpc) is 2.37. The van der Waals surface area contributed by atoms with Gasteiger partial charge in [-0.05, 0) is 32.2 Å². The molecule has 8 heteroatoms. The zero-order chi connectivity index (χ0) is 16.2. The molecule has 1 aromatic carbocycles. The number of carbonyl (C=O) groups is 1. The molecule has 1 atom stereocenters. The number of nitrogens with one attached hydrogen (secondary N) is 1. The molecule has 4 nitrogen and oxygen atoms in total. The molecule has 21 heavy (non-hydrogen) atoms. The Labute approximate surface area is 126 Å². The summed E-state index contributed by atoms with van der Waals surface area (Å²) in [6.45, 7) is 1.27. The molecule has 0 saturated heterocycles. The van der Waals surface area contributed by atoms with Crippen LogP contribution in [0.15, 0.2) is 18.2 Å². The van der Waals surface area contributed by atoms with E-state index in [4.69, 9.17) is 17.3 Å². The third-order valence-corrected chi connectivity index (χ3v) is 3.30. The molecule has 0 aliphatic rings. The Balaban J connectivity index is 2.61. The molecule has 1 rings (SSSR count). The molecule has 1 unspecified atom stereocenters. The van der Waals surface area contributed by atoms with Gasteiger partial charge in [0.2, 0.25) is 5.91 Å². The minimum absolute atomic E-state index is 0.256. The molecule has 0 fully saturated rings. The molecule has 0 heterocycles. The lowest BCUT2D eigenvalue weighted by Gasteiger charge is -2.24. The molecule has 1 aromatic rings. The Hall–Kier alpha value is -1.47. The second-order valence-corrected chi connectivity index (χ2v) is 5.18. The maximum atomic E-state index is 12.2. The first-order valence-electron chi connectivity index (χ1n) is 6.23. The van der Waals surface area contributed by atoms with Crippen LogP contribution in [0.5, 0.6) is 0 Å². The van der Waals surface area contributed by atoms with Crippen LogP contribution in [0.4, 0.5) is 24.5 Å². The van der Waals surface area contributed by atoms with Crippen molar-refractivity contribution in [3.05, 3.63) is 23.2 Å². The van der Waals surface area contributed by atoms with Crippen LogP contribution in [0.25, 0.3) is 0 Å². The molecular weight excluding hydrogens is 307 g/mol. The average molecular weight is 324 g/mol. The number of likely N-dealkylation sites (N-methyl/N-ethyl adjacent to an activating group) is 1. The van der Waals surface area contributed by atoms with Crippen molar-refractivity contribution in [3.8, 4) is 0 Å². The number of nitrogens with two attached hydrogens (primary N) is 1. The lowest BCUT2D eigenvalue weighted by atomic mass is 10.2. The molecule has 0 aliphatic heterocycles. The predicted molar refractivity (Wildman–Crippen MR) is 77.3 cm³/mol. The van der Waals surface area contributed by atoms with Crippen LogP contribution in [0, 0.1) is 0 Å². The van der Waals surface area contributed by atoms with Crippen molar-refractivity contribution in [2.45, 2.75) is 25.6 Å². The lowest BCUT2D eigenvalue weighted by Crippen LogP contribution is -2.41. The highest BCUT2D eigenvalue weighted by Crippen LogP contribution is 2.23. The van der Waals surface area contributed by atoms with Crippen molar-refractivity contribution in [2.75, 3.05) is 24.6 Å². The fourth-order valence-electron chi connectivity index (χ4n) is 1.58. The number of hydrogen-bond acceptors (Lipinski definition) is 3. The summed E-state index contributed by atoms with van der Waals surface area (Å²) in [4.78, 5) is 13.3. The number of halogens is 4. The van der Waals surface area contributed by atoms with Crippen molar-refractivity contribution < 1.29 is 18.0 Å². The number of carbonyl (C=O) groups excluding carboxylic acids is 1. The van der Waals surface area contributed by atoms with Gasteiger partial charge in [0.05, 0.1) is 23.8 Å². The van der Waals surface area contributed by atoms with Crippen molar-refractivity contribution in [2.24, 2.45) is 0 Å². The summed E-state index contributed by atoms with van der Waals surface area (Å²) in [7, 11) is 1.46. The van der Waals surface area contributed by atoms with E-state index in [1.54, 1.807) is 6.07 Å². The van der Waals surface area contributed by atoms with E-state index in [9.17, 15) is 18.0 Å². The molecule has 1 amide bonds. The van der Waals surface area contributed by atoms with E-state index in [-0.39, 0.29) is 6.54 Å². The maximum Gasteiger partial charge on any atom is 0.390 e. The van der Waals surface area contributed by atoms with E-state index in [1.807, 2.05) is 0 Å². The minimum Gasteiger partial charge on any atom is -0.397 e. The van der Waals surface area contributed by atoms with E-state index < -0.39 is 24.5 Å². The molecule has 0 spiro atoms. The number of alkyl halides is 3. The number of rotatable bonds is 5. The summed E-state index contributed by atoms with van der Waals surface area (Å²) >= 11 is 5.74. The van der Waals surface area contributed by atoms with Crippen LogP contribution >= 0.6 is 11.6 Å². The fraction of sp³-hybridized carbons (Fsp3) is 0.462. The molecule has 118 valence electrons. The number of nitrogen functional groups attached to an aromatic ring is 1. The van der Waals surface area contributed by atoms with E-state index in [2.05, 4.69) is 5.32 Å². The van der Waals surface area contributed by atoms with Gasteiger partial charge in [0.15, 0.2) is 0 Å². The zero-order valence-electron chi connectivity index (χ0n) is 11.7. The van der Waals surface area contributed by atoms with Crippen LogP contribution in [0.2, 0.25) is 5.02 Å². The first-order valence-corrected chi connectivity index (χ1v) is 6.61. The summed E-state index contributed by atoms with van der Waals surface area (Å²) in [6.07, 6.45) is -5.21. The summed E-state index contributed by atoms with van der Waals surface area (Å²) in [5.41, 5.74) is 6.37. The minimum atomic E-state index is -4.24. The molecule has 0 aliphatic carbocycles. The molecule has 3 N–H and O–H groups in total. The van der Waals surface area contributed by atoms with Crippen LogP contribution in [-0.4, -0.2) is 36.6 Å². The summed E-state index contributed by atoms with van der Waals surface area (Å²) in [5, 5.41) is 3.00. The fourth-order valence-corrected chi connectivity index (χ4v) is 1.76. The first kappa shape index (κ1) is 17.6. The van der Waals surface area contributed by atoms with Crippen LogP contribution in [-0.2, 0) is 4.79 Å². The van der Waals surface area contributed by atoms with Gasteiger partial charge in [-0.2, -0.15) is 13.2 Å². The van der Waals surface area contributed by atoms with Crippen LogP contribution < -0.4 is 11.1 Å².